The number of nitrogens with zero attached hydrogens (tertiary/aromatic N) is 3. The maximum Gasteiger partial charge on any atom is 0.244 e. The molecule has 0 saturated carbocycles. The highest BCUT2D eigenvalue weighted by Crippen LogP contribution is 2.37. The largest absolute Gasteiger partial charge is 0.493 e. The number of carbonyl (C=O) groups is 1. The molecule has 39 heavy (non-hydrogen) atoms. The van der Waals surface area contributed by atoms with Crippen LogP contribution in [-0.4, -0.2) is 68.6 Å². The number of amides is 1. The Bertz CT molecular complexity index is 1290. The fourth-order valence-corrected chi connectivity index (χ4v) is 4.12. The third kappa shape index (κ3) is 8.11. The van der Waals surface area contributed by atoms with Crippen LogP contribution in [0.15, 0.2) is 47.7 Å². The number of methoxy groups -OCH3 is 1. The molecule has 0 bridgehead atoms. The molecular formula is C29H35FN4O5. The van der Waals surface area contributed by atoms with Crippen molar-refractivity contribution in [2.24, 2.45) is 11.0 Å². The van der Waals surface area contributed by atoms with Gasteiger partial charge in [-0.05, 0) is 42.2 Å². The van der Waals surface area contributed by atoms with Gasteiger partial charge >= 0.3 is 0 Å². The monoisotopic (exact) mass is 538 g/mol. The van der Waals surface area contributed by atoms with E-state index in [2.05, 4.69) is 20.4 Å². The first-order chi connectivity index (χ1) is 18.9. The van der Waals surface area contributed by atoms with E-state index in [1.165, 1.54) is 12.1 Å². The Morgan fingerprint density at radius 1 is 1.15 bits per heavy atom. The number of aromatic nitrogens is 1. The average molecular weight is 539 g/mol. The molecule has 0 atom stereocenters. The molecule has 9 nitrogen and oxygen atoms in total. The molecule has 3 aromatic rings. The Kier molecular flexibility index (Phi) is 10.0. The van der Waals surface area contributed by atoms with Crippen LogP contribution in [0.5, 0.6) is 23.0 Å². The van der Waals surface area contributed by atoms with E-state index in [9.17, 15) is 9.18 Å². The fourth-order valence-electron chi connectivity index (χ4n) is 4.12. The molecule has 1 fully saturated rings. The summed E-state index contributed by atoms with van der Waals surface area (Å²) in [6, 6.07) is 9.69. The van der Waals surface area contributed by atoms with Gasteiger partial charge in [-0.3, -0.25) is 14.7 Å². The second-order valence-electron chi connectivity index (χ2n) is 9.59. The van der Waals surface area contributed by atoms with E-state index >= 15 is 0 Å². The van der Waals surface area contributed by atoms with E-state index in [0.29, 0.717) is 40.3 Å². The maximum atomic E-state index is 14.9. The third-order valence-corrected chi connectivity index (χ3v) is 6.11. The lowest BCUT2D eigenvalue weighted by Gasteiger charge is -2.26. The zero-order valence-electron chi connectivity index (χ0n) is 22.6. The number of ether oxygens (including phenoxy) is 4. The van der Waals surface area contributed by atoms with Gasteiger partial charge in [0.2, 0.25) is 5.91 Å². The maximum absolute atomic E-state index is 14.9. The Balaban J connectivity index is 1.42. The lowest BCUT2D eigenvalue weighted by Crippen LogP contribution is -2.37. The molecule has 1 aliphatic heterocycles. The Labute approximate surface area is 227 Å². The minimum absolute atomic E-state index is 0.00273. The zero-order valence-corrected chi connectivity index (χ0v) is 22.6. The van der Waals surface area contributed by atoms with E-state index in [1.54, 1.807) is 43.8 Å². The van der Waals surface area contributed by atoms with E-state index < -0.39 is 5.82 Å². The number of benzene rings is 2. The summed E-state index contributed by atoms with van der Waals surface area (Å²) in [5.74, 6) is 0.885. The summed E-state index contributed by atoms with van der Waals surface area (Å²) in [6.07, 6.45) is 4.10. The lowest BCUT2D eigenvalue weighted by molar-refractivity contribution is -0.120. The van der Waals surface area contributed by atoms with E-state index in [-0.39, 0.29) is 24.0 Å². The summed E-state index contributed by atoms with van der Waals surface area (Å²) < 4.78 is 37.8. The quantitative estimate of drug-likeness (QED) is 0.205. The van der Waals surface area contributed by atoms with Gasteiger partial charge in [-0.15, -0.1) is 0 Å². The molecule has 0 radical (unpaired) electrons. The van der Waals surface area contributed by atoms with Crippen LogP contribution in [0.25, 0.3) is 10.9 Å². The van der Waals surface area contributed by atoms with Gasteiger partial charge in [0.25, 0.3) is 0 Å². The molecule has 1 aliphatic rings. The number of hydrogen-bond donors (Lipinski definition) is 1. The van der Waals surface area contributed by atoms with Crippen molar-refractivity contribution in [3.8, 4) is 23.0 Å². The first kappa shape index (κ1) is 28.3. The Morgan fingerprint density at radius 2 is 1.97 bits per heavy atom. The summed E-state index contributed by atoms with van der Waals surface area (Å²) in [5, 5.41) is 4.53. The van der Waals surface area contributed by atoms with Gasteiger partial charge in [-0.2, -0.15) is 5.10 Å². The van der Waals surface area contributed by atoms with Gasteiger partial charge < -0.3 is 18.9 Å². The smallest absolute Gasteiger partial charge is 0.244 e. The van der Waals surface area contributed by atoms with Crippen LogP contribution in [0.3, 0.4) is 0 Å². The summed E-state index contributed by atoms with van der Waals surface area (Å²) in [6.45, 7) is 8.81. The summed E-state index contributed by atoms with van der Waals surface area (Å²) >= 11 is 0. The summed E-state index contributed by atoms with van der Waals surface area (Å²) in [7, 11) is 1.57. The molecule has 4 rings (SSSR count). The minimum Gasteiger partial charge on any atom is -0.493 e. The van der Waals surface area contributed by atoms with Crippen molar-refractivity contribution < 1.29 is 28.1 Å². The predicted octanol–water partition coefficient (Wildman–Crippen LogP) is 4.58. The third-order valence-electron chi connectivity index (χ3n) is 6.11. The molecule has 1 saturated heterocycles. The summed E-state index contributed by atoms with van der Waals surface area (Å²) in [5.41, 5.74) is 3.58. The predicted molar refractivity (Wildman–Crippen MR) is 147 cm³/mol. The molecule has 0 unspecified atom stereocenters. The average Bonchev–Trinajstić information content (AvgIpc) is 2.92. The summed E-state index contributed by atoms with van der Waals surface area (Å²) in [4.78, 5) is 18.9. The lowest BCUT2D eigenvalue weighted by atomic mass is 10.1. The van der Waals surface area contributed by atoms with Crippen LogP contribution in [0.2, 0.25) is 0 Å². The highest BCUT2D eigenvalue weighted by Gasteiger charge is 2.15. The molecule has 2 heterocycles. The molecule has 0 aliphatic carbocycles. The number of morpholine rings is 1. The van der Waals surface area contributed by atoms with Gasteiger partial charge in [0.1, 0.15) is 5.75 Å². The molecule has 0 spiro atoms. The zero-order chi connectivity index (χ0) is 27.6. The Morgan fingerprint density at radius 3 is 2.72 bits per heavy atom. The van der Waals surface area contributed by atoms with Gasteiger partial charge in [-0.25, -0.2) is 9.82 Å². The van der Waals surface area contributed by atoms with Crippen molar-refractivity contribution in [1.82, 2.24) is 15.3 Å². The number of hydrogen-bond acceptors (Lipinski definition) is 8. The van der Waals surface area contributed by atoms with E-state index in [0.717, 1.165) is 39.3 Å². The molecule has 10 heteroatoms. The molecule has 1 N–H and O–H groups in total. The molecule has 2 aromatic carbocycles. The number of fused-ring (bicyclic) bond motifs is 1. The second kappa shape index (κ2) is 13.9. The first-order valence-electron chi connectivity index (χ1n) is 13.1. The standard InChI is InChI=1S/C29H35FN4O5/c1-20(2)19-32-33-29(35)16-21-5-6-26(23(30)15-21)39-25-7-8-31-24-18-28(27(36-3)17-22(24)25)38-12-4-9-34-10-13-37-14-11-34/h5-8,15,17-20H,4,9-14,16H2,1-3H3,(H,33,35)/b32-19+. The van der Waals surface area contributed by atoms with Crippen molar-refractivity contribution in [2.45, 2.75) is 26.7 Å². The van der Waals surface area contributed by atoms with Crippen molar-refractivity contribution in [3.05, 3.63) is 54.0 Å². The van der Waals surface area contributed by atoms with E-state index in [4.69, 9.17) is 18.9 Å². The Hall–Kier alpha value is -3.76. The van der Waals surface area contributed by atoms with Crippen LogP contribution in [0.4, 0.5) is 4.39 Å². The van der Waals surface area contributed by atoms with Crippen LogP contribution in [-0.2, 0) is 16.0 Å². The van der Waals surface area contributed by atoms with Crippen molar-refractivity contribution >= 4 is 23.0 Å². The van der Waals surface area contributed by atoms with Gasteiger partial charge in [0.05, 0.1) is 38.9 Å². The topological polar surface area (TPSA) is 94.5 Å². The SMILES string of the molecule is COc1cc2c(Oc3ccc(CC(=O)N/N=C/C(C)C)cc3F)ccnc2cc1OCCCN1CCOCC1. The van der Waals surface area contributed by atoms with Crippen LogP contribution in [0.1, 0.15) is 25.8 Å². The van der Waals surface area contributed by atoms with Crippen LogP contribution >= 0.6 is 0 Å². The number of pyridine rings is 1. The number of nitrogens with one attached hydrogen (secondary N) is 1. The first-order valence-corrected chi connectivity index (χ1v) is 13.1. The number of halogens is 1. The molecule has 1 amide bonds. The number of rotatable bonds is 12. The number of carbonyl (C=O) groups excluding carboxylic acids is 1. The van der Waals surface area contributed by atoms with Crippen molar-refractivity contribution in [1.29, 1.82) is 0 Å². The van der Waals surface area contributed by atoms with Crippen molar-refractivity contribution in [2.75, 3.05) is 46.6 Å². The van der Waals surface area contributed by atoms with Gasteiger partial charge in [0, 0.05) is 43.5 Å². The van der Waals surface area contributed by atoms with Gasteiger partial charge in [0.15, 0.2) is 23.1 Å². The minimum atomic E-state index is -0.580. The van der Waals surface area contributed by atoms with Crippen molar-refractivity contribution in [3.63, 3.8) is 0 Å². The van der Waals surface area contributed by atoms with Gasteiger partial charge in [-0.1, -0.05) is 19.9 Å². The second-order valence-corrected chi connectivity index (χ2v) is 9.59. The highest BCUT2D eigenvalue weighted by atomic mass is 19.1. The number of hydrazone groups is 1. The normalized spacial score (nSPS) is 14.2. The highest BCUT2D eigenvalue weighted by molar-refractivity contribution is 5.88. The van der Waals surface area contributed by atoms with Crippen LogP contribution in [0, 0.1) is 11.7 Å². The molecule has 1 aromatic heterocycles. The van der Waals surface area contributed by atoms with Crippen LogP contribution < -0.4 is 19.6 Å². The molecule has 208 valence electrons. The fraction of sp³-hybridized carbons (Fsp3) is 0.414. The van der Waals surface area contributed by atoms with E-state index in [1.807, 2.05) is 13.8 Å². The molecular weight excluding hydrogens is 503 g/mol.